The molecule has 5 heteroatoms. The van der Waals surface area contributed by atoms with Crippen molar-refractivity contribution in [2.24, 2.45) is 0 Å². The first kappa shape index (κ1) is 11.3. The monoisotopic (exact) mass is 240 g/mol. The molecule has 0 spiro atoms. The Balaban J connectivity index is 1.82. The van der Waals surface area contributed by atoms with Crippen molar-refractivity contribution >= 4 is 5.78 Å². The second-order valence-electron chi connectivity index (χ2n) is 5.73. The fourth-order valence-electron chi connectivity index (χ4n) is 2.50. The van der Waals surface area contributed by atoms with Gasteiger partial charge in [0.05, 0.1) is 5.60 Å². The van der Waals surface area contributed by atoms with Crippen LogP contribution in [0.4, 0.5) is 0 Å². The summed E-state index contributed by atoms with van der Waals surface area (Å²) >= 11 is 0. The van der Waals surface area contributed by atoms with Crippen LogP contribution in [-0.4, -0.2) is 51.6 Å². The van der Waals surface area contributed by atoms with E-state index in [1.54, 1.807) is 20.8 Å². The number of epoxide rings is 2. The molecule has 0 aromatic rings. The third-order valence-electron chi connectivity index (χ3n) is 3.79. The minimum Gasteiger partial charge on any atom is -0.388 e. The van der Waals surface area contributed by atoms with E-state index in [1.807, 2.05) is 0 Å². The molecule has 3 rings (SSSR count). The van der Waals surface area contributed by atoms with E-state index in [4.69, 9.17) is 9.47 Å². The molecule has 3 aliphatic rings. The van der Waals surface area contributed by atoms with Gasteiger partial charge in [-0.15, -0.1) is 0 Å². The van der Waals surface area contributed by atoms with E-state index in [0.717, 1.165) is 0 Å². The van der Waals surface area contributed by atoms with E-state index in [0.29, 0.717) is 5.57 Å². The van der Waals surface area contributed by atoms with Crippen molar-refractivity contribution in [3.8, 4) is 0 Å². The summed E-state index contributed by atoms with van der Waals surface area (Å²) in [6.45, 7) is 4.97. The lowest BCUT2D eigenvalue weighted by Gasteiger charge is -2.19. The van der Waals surface area contributed by atoms with Crippen LogP contribution >= 0.6 is 0 Å². The average Bonchev–Trinajstić information content (AvgIpc) is 3.03. The Morgan fingerprint density at radius 3 is 2.65 bits per heavy atom. The summed E-state index contributed by atoms with van der Waals surface area (Å²) in [6, 6.07) is 0. The molecule has 0 amide bonds. The first-order valence-electron chi connectivity index (χ1n) is 5.75. The van der Waals surface area contributed by atoms with Crippen molar-refractivity contribution in [2.75, 3.05) is 0 Å². The summed E-state index contributed by atoms with van der Waals surface area (Å²) in [6.07, 6.45) is -0.594. The molecule has 0 aromatic carbocycles. The van der Waals surface area contributed by atoms with Crippen LogP contribution in [0.1, 0.15) is 20.8 Å². The lowest BCUT2D eigenvalue weighted by molar-refractivity contribution is -0.119. The summed E-state index contributed by atoms with van der Waals surface area (Å²) in [4.78, 5) is 11.8. The van der Waals surface area contributed by atoms with Crippen LogP contribution in [0, 0.1) is 0 Å². The van der Waals surface area contributed by atoms with Crippen LogP contribution in [-0.2, 0) is 14.3 Å². The van der Waals surface area contributed by atoms with Crippen LogP contribution in [0.5, 0.6) is 0 Å². The van der Waals surface area contributed by atoms with Gasteiger partial charge in [-0.2, -0.15) is 0 Å². The minimum absolute atomic E-state index is 0.132. The number of ketones is 1. The van der Waals surface area contributed by atoms with E-state index >= 15 is 0 Å². The molecule has 1 aliphatic carbocycles. The summed E-state index contributed by atoms with van der Waals surface area (Å²) in [7, 11) is 0. The van der Waals surface area contributed by atoms with E-state index in [1.165, 1.54) is 6.08 Å². The van der Waals surface area contributed by atoms with Crippen LogP contribution in [0.3, 0.4) is 0 Å². The molecule has 2 N–H and O–H groups in total. The topological polar surface area (TPSA) is 82.6 Å². The highest BCUT2D eigenvalue weighted by Gasteiger charge is 2.66. The molecule has 0 aromatic heterocycles. The van der Waals surface area contributed by atoms with Crippen LogP contribution in [0.2, 0.25) is 0 Å². The fraction of sp³-hybridized carbons (Fsp3) is 0.750. The van der Waals surface area contributed by atoms with E-state index in [-0.39, 0.29) is 18.0 Å². The lowest BCUT2D eigenvalue weighted by Crippen LogP contribution is -2.38. The third-order valence-corrected chi connectivity index (χ3v) is 3.79. The van der Waals surface area contributed by atoms with Crippen LogP contribution < -0.4 is 0 Å². The largest absolute Gasteiger partial charge is 0.388 e. The van der Waals surface area contributed by atoms with Gasteiger partial charge in [-0.1, -0.05) is 0 Å². The SMILES string of the molecule is CC(C)(O)[C@H]1O[C@@H]1C1=CC(=O)[C@]2(C)O[C@@H]2[C@@H]1O. The number of rotatable bonds is 2. The van der Waals surface area contributed by atoms with Crippen molar-refractivity contribution in [2.45, 2.75) is 56.4 Å². The standard InChI is InChI=1S/C12H16O5/c1-11(2,15)10-8(16-10)5-4-6(13)12(3)9(17-12)7(5)14/h4,7-10,14-15H,1-3H3/t7-,8-,9-,10+,12+/m1/s1. The molecule has 2 saturated heterocycles. The van der Waals surface area contributed by atoms with Gasteiger partial charge in [-0.3, -0.25) is 4.79 Å². The number of hydrogen-bond acceptors (Lipinski definition) is 5. The van der Waals surface area contributed by atoms with Gasteiger partial charge in [0.25, 0.3) is 0 Å². The predicted molar refractivity (Wildman–Crippen MR) is 57.3 cm³/mol. The van der Waals surface area contributed by atoms with Gasteiger partial charge in [-0.05, 0) is 32.4 Å². The number of aliphatic hydroxyl groups excluding tert-OH is 1. The summed E-state index contributed by atoms with van der Waals surface area (Å²) < 4.78 is 10.6. The molecular weight excluding hydrogens is 224 g/mol. The van der Waals surface area contributed by atoms with Crippen molar-refractivity contribution in [3.63, 3.8) is 0 Å². The number of carbonyl (C=O) groups is 1. The maximum atomic E-state index is 11.8. The second-order valence-corrected chi connectivity index (χ2v) is 5.73. The minimum atomic E-state index is -0.973. The van der Waals surface area contributed by atoms with Gasteiger partial charge < -0.3 is 19.7 Å². The van der Waals surface area contributed by atoms with Crippen LogP contribution in [0.15, 0.2) is 11.6 Å². The molecule has 17 heavy (non-hydrogen) atoms. The molecule has 0 bridgehead atoms. The number of ether oxygens (including phenoxy) is 2. The zero-order valence-electron chi connectivity index (χ0n) is 10.0. The van der Waals surface area contributed by atoms with Crippen molar-refractivity contribution in [1.82, 2.24) is 0 Å². The van der Waals surface area contributed by atoms with Crippen LogP contribution in [0.25, 0.3) is 0 Å². The summed E-state index contributed by atoms with van der Waals surface area (Å²) in [5.74, 6) is -0.132. The Morgan fingerprint density at radius 2 is 2.12 bits per heavy atom. The van der Waals surface area contributed by atoms with E-state index in [2.05, 4.69) is 0 Å². The zero-order valence-corrected chi connectivity index (χ0v) is 10.0. The van der Waals surface area contributed by atoms with Gasteiger partial charge >= 0.3 is 0 Å². The summed E-state index contributed by atoms with van der Waals surface area (Å²) in [5.41, 5.74) is -1.29. The van der Waals surface area contributed by atoms with Gasteiger partial charge in [0.1, 0.15) is 24.4 Å². The molecule has 2 aliphatic heterocycles. The second kappa shape index (κ2) is 2.98. The zero-order chi connectivity index (χ0) is 12.6. The smallest absolute Gasteiger partial charge is 0.190 e. The van der Waals surface area contributed by atoms with Gasteiger partial charge in [0.15, 0.2) is 11.4 Å². The number of hydrogen-bond donors (Lipinski definition) is 2. The first-order valence-corrected chi connectivity index (χ1v) is 5.75. The third kappa shape index (κ3) is 1.50. The Kier molecular flexibility index (Phi) is 1.99. The average molecular weight is 240 g/mol. The highest BCUT2D eigenvalue weighted by Crippen LogP contribution is 2.49. The highest BCUT2D eigenvalue weighted by atomic mass is 16.6. The number of fused-ring (bicyclic) bond motifs is 1. The Morgan fingerprint density at radius 1 is 1.47 bits per heavy atom. The number of aliphatic hydroxyl groups is 2. The molecule has 5 atom stereocenters. The number of carbonyl (C=O) groups excluding carboxylic acids is 1. The lowest BCUT2D eigenvalue weighted by atomic mass is 9.84. The molecule has 94 valence electrons. The maximum absolute atomic E-state index is 11.8. The van der Waals surface area contributed by atoms with Gasteiger partial charge in [0.2, 0.25) is 0 Å². The van der Waals surface area contributed by atoms with Crippen molar-refractivity contribution < 1.29 is 24.5 Å². The normalized spacial score (nSPS) is 48.5. The molecule has 5 nitrogen and oxygen atoms in total. The van der Waals surface area contributed by atoms with Gasteiger partial charge in [0, 0.05) is 0 Å². The van der Waals surface area contributed by atoms with E-state index < -0.39 is 23.4 Å². The molecular formula is C12H16O5. The van der Waals surface area contributed by atoms with Crippen molar-refractivity contribution in [3.05, 3.63) is 11.6 Å². The highest BCUT2D eigenvalue weighted by molar-refractivity contribution is 6.01. The van der Waals surface area contributed by atoms with Gasteiger partial charge in [-0.25, -0.2) is 0 Å². The predicted octanol–water partition coefficient (Wildman–Crippen LogP) is -0.448. The molecule has 0 unspecified atom stereocenters. The quantitative estimate of drug-likeness (QED) is 0.639. The Labute approximate surface area is 99.0 Å². The molecule has 0 radical (unpaired) electrons. The fourth-order valence-corrected chi connectivity index (χ4v) is 2.50. The maximum Gasteiger partial charge on any atom is 0.190 e. The first-order chi connectivity index (χ1) is 7.75. The molecule has 2 heterocycles. The molecule has 2 fully saturated rings. The molecule has 0 saturated carbocycles. The Hall–Kier alpha value is -0.750. The summed E-state index contributed by atoms with van der Waals surface area (Å²) in [5, 5.41) is 19.8. The van der Waals surface area contributed by atoms with E-state index in [9.17, 15) is 15.0 Å². The Bertz CT molecular complexity index is 421. The van der Waals surface area contributed by atoms with Crippen molar-refractivity contribution in [1.29, 1.82) is 0 Å².